The lowest BCUT2D eigenvalue weighted by molar-refractivity contribution is 0.293. The van der Waals surface area contributed by atoms with Gasteiger partial charge in [-0.05, 0) is 54.1 Å². The summed E-state index contributed by atoms with van der Waals surface area (Å²) in [4.78, 5) is 8.74. The Bertz CT molecular complexity index is 1050. The van der Waals surface area contributed by atoms with Gasteiger partial charge in [0.05, 0.1) is 0 Å². The summed E-state index contributed by atoms with van der Waals surface area (Å²) in [6, 6.07) is 18.3. The molecule has 4 aromatic rings. The summed E-state index contributed by atoms with van der Waals surface area (Å²) in [6.07, 6.45) is 1.65. The molecule has 0 atom stereocenters. The van der Waals surface area contributed by atoms with E-state index in [4.69, 9.17) is 32.5 Å². The van der Waals surface area contributed by atoms with Crippen LogP contribution < -0.4 is 4.74 Å². The van der Waals surface area contributed by atoms with Crippen LogP contribution in [0.4, 0.5) is 0 Å². The van der Waals surface area contributed by atoms with Crippen molar-refractivity contribution in [2.75, 3.05) is 0 Å². The maximum absolute atomic E-state index is 5.92. The van der Waals surface area contributed by atoms with E-state index in [-0.39, 0.29) is 0 Å². The number of aromatic nitrogens is 3. The summed E-state index contributed by atoms with van der Waals surface area (Å²) in [5, 5.41) is 5.36. The van der Waals surface area contributed by atoms with Crippen LogP contribution in [0.3, 0.4) is 0 Å². The van der Waals surface area contributed by atoms with E-state index < -0.39 is 0 Å². The lowest BCUT2D eigenvalue weighted by atomic mass is 10.2. The van der Waals surface area contributed by atoms with Crippen molar-refractivity contribution in [2.45, 2.75) is 6.61 Å². The SMILES string of the molecule is Clc1ccc(COc2ncccc2-c2nc(-c3ccc(Cl)cc3)no2)cc1. The predicted molar refractivity (Wildman–Crippen MR) is 104 cm³/mol. The predicted octanol–water partition coefficient (Wildman–Crippen LogP) is 5.68. The second kappa shape index (κ2) is 7.78. The molecule has 0 unspecified atom stereocenters. The largest absolute Gasteiger partial charge is 0.472 e. The van der Waals surface area contributed by atoms with E-state index in [9.17, 15) is 0 Å². The lowest BCUT2D eigenvalue weighted by Gasteiger charge is -2.08. The Hall–Kier alpha value is -2.89. The van der Waals surface area contributed by atoms with Gasteiger partial charge in [-0.2, -0.15) is 4.98 Å². The van der Waals surface area contributed by atoms with E-state index in [1.807, 2.05) is 42.5 Å². The van der Waals surface area contributed by atoms with Gasteiger partial charge in [-0.3, -0.25) is 0 Å². The number of rotatable bonds is 5. The first-order valence-corrected chi connectivity index (χ1v) is 8.87. The molecule has 0 aliphatic rings. The van der Waals surface area contributed by atoms with Crippen LogP contribution in [0.25, 0.3) is 22.8 Å². The van der Waals surface area contributed by atoms with E-state index in [0.29, 0.717) is 39.8 Å². The topological polar surface area (TPSA) is 61.0 Å². The first-order valence-electron chi connectivity index (χ1n) is 8.11. The zero-order valence-electron chi connectivity index (χ0n) is 14.0. The summed E-state index contributed by atoms with van der Waals surface area (Å²) in [6.45, 7) is 0.347. The Labute approximate surface area is 165 Å². The summed E-state index contributed by atoms with van der Waals surface area (Å²) in [5.74, 6) is 1.21. The van der Waals surface area contributed by atoms with Gasteiger partial charge in [-0.1, -0.05) is 40.5 Å². The molecule has 0 radical (unpaired) electrons. The van der Waals surface area contributed by atoms with Gasteiger partial charge in [0, 0.05) is 21.8 Å². The molecule has 0 aliphatic carbocycles. The second-order valence-corrected chi connectivity index (χ2v) is 6.57. The molecule has 0 spiro atoms. The van der Waals surface area contributed by atoms with Crippen LogP contribution in [0, 0.1) is 0 Å². The van der Waals surface area contributed by atoms with Crippen molar-refractivity contribution in [3.8, 4) is 28.7 Å². The molecule has 2 aromatic carbocycles. The number of hydrogen-bond donors (Lipinski definition) is 0. The molecule has 0 amide bonds. The van der Waals surface area contributed by atoms with Crippen molar-refractivity contribution in [1.82, 2.24) is 15.1 Å². The smallest absolute Gasteiger partial charge is 0.263 e. The molecule has 0 fully saturated rings. The van der Waals surface area contributed by atoms with E-state index >= 15 is 0 Å². The van der Waals surface area contributed by atoms with Gasteiger partial charge >= 0.3 is 0 Å². The Morgan fingerprint density at radius 3 is 2.33 bits per heavy atom. The van der Waals surface area contributed by atoms with E-state index in [1.165, 1.54) is 0 Å². The minimum atomic E-state index is 0.333. The fourth-order valence-electron chi connectivity index (χ4n) is 2.45. The van der Waals surface area contributed by atoms with E-state index in [0.717, 1.165) is 11.1 Å². The van der Waals surface area contributed by atoms with Crippen LogP contribution in [-0.2, 0) is 6.61 Å². The molecular formula is C20H13Cl2N3O2. The number of benzene rings is 2. The first-order chi connectivity index (χ1) is 13.2. The van der Waals surface area contributed by atoms with Gasteiger partial charge in [-0.25, -0.2) is 4.98 Å². The summed E-state index contributed by atoms with van der Waals surface area (Å²) in [7, 11) is 0. The molecular weight excluding hydrogens is 385 g/mol. The van der Waals surface area contributed by atoms with E-state index in [2.05, 4.69) is 15.1 Å². The van der Waals surface area contributed by atoms with Crippen molar-refractivity contribution in [2.24, 2.45) is 0 Å². The third-order valence-corrected chi connectivity index (χ3v) is 4.32. The minimum absolute atomic E-state index is 0.333. The molecule has 2 aromatic heterocycles. The molecule has 27 heavy (non-hydrogen) atoms. The molecule has 7 heteroatoms. The van der Waals surface area contributed by atoms with Gasteiger partial charge < -0.3 is 9.26 Å². The average molecular weight is 398 g/mol. The fourth-order valence-corrected chi connectivity index (χ4v) is 2.70. The minimum Gasteiger partial charge on any atom is -0.472 e. The van der Waals surface area contributed by atoms with Gasteiger partial charge in [-0.15, -0.1) is 0 Å². The Morgan fingerprint density at radius 1 is 0.889 bits per heavy atom. The Balaban J connectivity index is 1.57. The van der Waals surface area contributed by atoms with Crippen LogP contribution in [0.2, 0.25) is 10.0 Å². The first kappa shape index (κ1) is 17.5. The van der Waals surface area contributed by atoms with E-state index in [1.54, 1.807) is 24.4 Å². The van der Waals surface area contributed by atoms with Crippen LogP contribution in [0.5, 0.6) is 5.88 Å². The van der Waals surface area contributed by atoms with Crippen molar-refractivity contribution < 1.29 is 9.26 Å². The molecule has 0 N–H and O–H groups in total. The van der Waals surface area contributed by atoms with Crippen LogP contribution in [-0.4, -0.2) is 15.1 Å². The maximum atomic E-state index is 5.92. The molecule has 0 saturated carbocycles. The summed E-state index contributed by atoms with van der Waals surface area (Å²) >= 11 is 11.8. The zero-order chi connectivity index (χ0) is 18.6. The highest BCUT2D eigenvalue weighted by molar-refractivity contribution is 6.30. The average Bonchev–Trinajstić information content (AvgIpc) is 3.18. The molecule has 0 saturated heterocycles. The van der Waals surface area contributed by atoms with Crippen LogP contribution in [0.15, 0.2) is 71.4 Å². The van der Waals surface area contributed by atoms with Crippen LogP contribution in [0.1, 0.15) is 5.56 Å². The summed E-state index contributed by atoms with van der Waals surface area (Å²) in [5.41, 5.74) is 2.41. The molecule has 2 heterocycles. The second-order valence-electron chi connectivity index (χ2n) is 5.70. The highest BCUT2D eigenvalue weighted by Crippen LogP contribution is 2.29. The van der Waals surface area contributed by atoms with Crippen molar-refractivity contribution in [3.63, 3.8) is 0 Å². The number of halogens is 2. The Kier molecular flexibility index (Phi) is 5.05. The third-order valence-electron chi connectivity index (χ3n) is 3.82. The standard InChI is InChI=1S/C20H13Cl2N3O2/c21-15-7-3-13(4-8-15)12-26-19-17(2-1-11-23-19)20-24-18(25-27-20)14-5-9-16(22)10-6-14/h1-11H,12H2. The van der Waals surface area contributed by atoms with Crippen molar-refractivity contribution in [3.05, 3.63) is 82.5 Å². The van der Waals surface area contributed by atoms with Gasteiger partial charge in [0.2, 0.25) is 11.7 Å². The molecule has 5 nitrogen and oxygen atoms in total. The number of ether oxygens (including phenoxy) is 1. The molecule has 0 aliphatic heterocycles. The normalized spacial score (nSPS) is 10.7. The lowest BCUT2D eigenvalue weighted by Crippen LogP contribution is -1.99. The highest BCUT2D eigenvalue weighted by atomic mass is 35.5. The van der Waals surface area contributed by atoms with Crippen molar-refractivity contribution >= 4 is 23.2 Å². The Morgan fingerprint density at radius 2 is 1.59 bits per heavy atom. The summed E-state index contributed by atoms with van der Waals surface area (Å²) < 4.78 is 11.3. The van der Waals surface area contributed by atoms with Gasteiger partial charge in [0.1, 0.15) is 12.2 Å². The monoisotopic (exact) mass is 397 g/mol. The number of nitrogens with zero attached hydrogens (tertiary/aromatic N) is 3. The van der Waals surface area contributed by atoms with Crippen LogP contribution >= 0.6 is 23.2 Å². The molecule has 0 bridgehead atoms. The highest BCUT2D eigenvalue weighted by Gasteiger charge is 2.16. The zero-order valence-corrected chi connectivity index (χ0v) is 15.5. The van der Waals surface area contributed by atoms with Gasteiger partial charge in [0.25, 0.3) is 5.89 Å². The molecule has 4 rings (SSSR count). The molecule has 134 valence electrons. The fraction of sp³-hybridized carbons (Fsp3) is 0.0500. The van der Waals surface area contributed by atoms with Crippen molar-refractivity contribution in [1.29, 1.82) is 0 Å². The number of hydrogen-bond acceptors (Lipinski definition) is 5. The maximum Gasteiger partial charge on any atom is 0.263 e. The quantitative estimate of drug-likeness (QED) is 0.433. The number of pyridine rings is 1. The van der Waals surface area contributed by atoms with Gasteiger partial charge in [0.15, 0.2) is 0 Å². The third kappa shape index (κ3) is 4.10.